The first-order valence-electron chi connectivity index (χ1n) is 23.0. The van der Waals surface area contributed by atoms with Crippen LogP contribution in [0.25, 0.3) is 0 Å². The van der Waals surface area contributed by atoms with Gasteiger partial charge in [0.15, 0.2) is 0 Å². The molecule has 27 heteroatoms. The molecule has 0 aromatic heterocycles. The Labute approximate surface area is 415 Å². The number of amides is 9. The molecule has 10 atom stereocenters. The van der Waals surface area contributed by atoms with Gasteiger partial charge in [0, 0.05) is 12.8 Å². The lowest BCUT2D eigenvalue weighted by Crippen LogP contribution is -2.61. The fraction of sp³-hybridized carbons (Fsp3) is 0.600. The quantitative estimate of drug-likeness (QED) is 0.0323. The third-order valence-electron chi connectivity index (χ3n) is 10.4. The number of rotatable bonds is 32. The van der Waals surface area contributed by atoms with Gasteiger partial charge in [-0.1, -0.05) is 58.0 Å². The van der Waals surface area contributed by atoms with Gasteiger partial charge >= 0.3 is 17.9 Å². The van der Waals surface area contributed by atoms with Gasteiger partial charge in [-0.15, -0.1) is 0 Å². The van der Waals surface area contributed by atoms with Crippen molar-refractivity contribution < 1.29 is 83.1 Å². The molecular formula is C45H70N10O17. The van der Waals surface area contributed by atoms with Crippen molar-refractivity contribution in [2.75, 3.05) is 13.2 Å². The molecule has 27 nitrogen and oxygen atoms in total. The average molecular weight is 1020 g/mol. The number of carboxylic acids is 3. The summed E-state index contributed by atoms with van der Waals surface area (Å²) in [4.78, 5) is 153. The Kier molecular flexibility index (Phi) is 27.2. The van der Waals surface area contributed by atoms with Crippen molar-refractivity contribution in [1.82, 2.24) is 47.9 Å². The molecule has 0 heterocycles. The van der Waals surface area contributed by atoms with Gasteiger partial charge in [0.2, 0.25) is 53.2 Å². The Morgan fingerprint density at radius 3 is 1.50 bits per heavy atom. The highest BCUT2D eigenvalue weighted by Crippen LogP contribution is 2.10. The summed E-state index contributed by atoms with van der Waals surface area (Å²) >= 11 is 0. The van der Waals surface area contributed by atoms with Crippen LogP contribution in [0.1, 0.15) is 86.1 Å². The van der Waals surface area contributed by atoms with E-state index in [9.17, 15) is 83.1 Å². The van der Waals surface area contributed by atoms with Crippen LogP contribution in [0, 0.1) is 11.8 Å². The molecule has 0 aliphatic heterocycles. The smallest absolute Gasteiger partial charge is 0.326 e. The maximum Gasteiger partial charge on any atom is 0.326 e. The number of carboxylic acid groups (broad SMARTS) is 3. The summed E-state index contributed by atoms with van der Waals surface area (Å²) in [6.45, 7) is 9.03. The van der Waals surface area contributed by atoms with Gasteiger partial charge in [-0.2, -0.15) is 0 Å². The van der Waals surface area contributed by atoms with Gasteiger partial charge in [0.25, 0.3) is 0 Å². The molecule has 1 aromatic carbocycles. The zero-order chi connectivity index (χ0) is 55.0. The summed E-state index contributed by atoms with van der Waals surface area (Å²) in [5, 5.41) is 68.8. The molecule has 1 rings (SSSR count). The molecule has 0 radical (unpaired) electrons. The van der Waals surface area contributed by atoms with E-state index in [4.69, 9.17) is 5.73 Å². The van der Waals surface area contributed by atoms with Gasteiger partial charge < -0.3 is 79.1 Å². The van der Waals surface area contributed by atoms with E-state index in [1.54, 1.807) is 58.0 Å². The largest absolute Gasteiger partial charge is 0.481 e. The molecule has 72 heavy (non-hydrogen) atoms. The lowest BCUT2D eigenvalue weighted by Gasteiger charge is -2.27. The van der Waals surface area contributed by atoms with Crippen LogP contribution in [-0.4, -0.2) is 170 Å². The van der Waals surface area contributed by atoms with Crippen LogP contribution < -0.4 is 53.6 Å². The Morgan fingerprint density at radius 1 is 0.528 bits per heavy atom. The van der Waals surface area contributed by atoms with Crippen LogP contribution in [0.5, 0.6) is 0 Å². The monoisotopic (exact) mass is 1020 g/mol. The summed E-state index contributed by atoms with van der Waals surface area (Å²) in [6.07, 6.45) is -4.04. The Hall–Kier alpha value is -7.26. The number of aliphatic hydroxyl groups excluding tert-OH is 2. The summed E-state index contributed by atoms with van der Waals surface area (Å²) in [6, 6.07) is -5.34. The lowest BCUT2D eigenvalue weighted by molar-refractivity contribution is -0.143. The molecule has 0 fully saturated rings. The van der Waals surface area contributed by atoms with E-state index in [0.717, 1.165) is 13.8 Å². The van der Waals surface area contributed by atoms with E-state index in [2.05, 4.69) is 47.9 Å². The van der Waals surface area contributed by atoms with Crippen molar-refractivity contribution in [3.05, 3.63) is 35.9 Å². The van der Waals surface area contributed by atoms with Gasteiger partial charge in [0.1, 0.15) is 54.4 Å². The first kappa shape index (κ1) is 62.8. The molecule has 0 unspecified atom stereocenters. The number of hydrogen-bond donors (Lipinski definition) is 15. The Balaban J connectivity index is 3.08. The van der Waals surface area contributed by atoms with Crippen LogP contribution >= 0.6 is 0 Å². The highest BCUT2D eigenvalue weighted by molar-refractivity contribution is 5.99. The number of hydrogen-bond acceptors (Lipinski definition) is 15. The lowest BCUT2D eigenvalue weighted by atomic mass is 10.00. The molecule has 0 saturated heterocycles. The van der Waals surface area contributed by atoms with Gasteiger partial charge in [-0.25, -0.2) is 4.79 Å². The number of carbonyl (C=O) groups is 12. The summed E-state index contributed by atoms with van der Waals surface area (Å²) in [7, 11) is 0. The number of nitrogens with two attached hydrogens (primary N) is 1. The number of aliphatic carboxylic acids is 3. The molecule has 9 amide bonds. The molecule has 0 bridgehead atoms. The molecule has 0 aliphatic rings. The molecule has 402 valence electrons. The van der Waals surface area contributed by atoms with E-state index >= 15 is 0 Å². The van der Waals surface area contributed by atoms with Crippen LogP contribution in [0.15, 0.2) is 30.3 Å². The second-order valence-electron chi connectivity index (χ2n) is 17.9. The number of aliphatic hydroxyl groups is 2. The number of carbonyl (C=O) groups excluding carboxylic acids is 9. The molecule has 0 spiro atoms. The van der Waals surface area contributed by atoms with Crippen LogP contribution in [0.4, 0.5) is 0 Å². The van der Waals surface area contributed by atoms with Crippen LogP contribution in [-0.2, 0) is 64.0 Å². The highest BCUT2D eigenvalue weighted by Gasteiger charge is 2.35. The minimum Gasteiger partial charge on any atom is -0.481 e. The van der Waals surface area contributed by atoms with Crippen molar-refractivity contribution in [2.24, 2.45) is 17.6 Å². The fourth-order valence-corrected chi connectivity index (χ4v) is 6.55. The zero-order valence-electron chi connectivity index (χ0n) is 41.2. The van der Waals surface area contributed by atoms with E-state index in [-0.39, 0.29) is 31.1 Å². The van der Waals surface area contributed by atoms with E-state index in [0.29, 0.717) is 5.56 Å². The second-order valence-corrected chi connectivity index (χ2v) is 17.9. The second kappa shape index (κ2) is 31.2. The van der Waals surface area contributed by atoms with E-state index in [1.165, 1.54) is 6.92 Å². The molecule has 16 N–H and O–H groups in total. The number of benzene rings is 1. The maximum absolute atomic E-state index is 13.5. The zero-order valence-corrected chi connectivity index (χ0v) is 41.2. The standard InChI is InChI=1S/C45H70N10O17/c1-21(2)15-29(53-42(68)30(16-22(3)4)52-39(65)27(46)20-56)40(66)47-19-33(58)48-23(5)37(63)51-31(18-35(61)62)43(69)55-36(25(7)57)44(70)50-28(13-14-34(59)60)41(67)49-24(6)38(64)54-32(45(71)72)17-26-11-9-8-10-12-26/h8-12,21-25,27-32,36,56-57H,13-20,46H2,1-7H3,(H,47,66)(H,48,58)(H,49,67)(H,50,70)(H,51,63)(H,52,65)(H,53,68)(H,54,64)(H,55,69)(H,59,60)(H,61,62)(H,71,72)/t23-,24-,25+,27-,28-,29-,30-,31-,32-,36-/m0/s1. The van der Waals surface area contributed by atoms with E-state index in [1.807, 2.05) is 0 Å². The normalized spacial score (nSPS) is 15.2. The third-order valence-corrected chi connectivity index (χ3v) is 10.4. The first-order chi connectivity index (χ1) is 33.6. The predicted octanol–water partition coefficient (Wildman–Crippen LogP) is -4.52. The fourth-order valence-electron chi connectivity index (χ4n) is 6.55. The molecule has 0 aliphatic carbocycles. The van der Waals surface area contributed by atoms with Crippen molar-refractivity contribution in [2.45, 2.75) is 147 Å². The van der Waals surface area contributed by atoms with Gasteiger partial charge in [0.05, 0.1) is 25.7 Å². The summed E-state index contributed by atoms with van der Waals surface area (Å²) < 4.78 is 0. The molecule has 1 aromatic rings. The van der Waals surface area contributed by atoms with Crippen molar-refractivity contribution in [3.63, 3.8) is 0 Å². The van der Waals surface area contributed by atoms with E-state index < -0.39 is 164 Å². The van der Waals surface area contributed by atoms with Crippen LogP contribution in [0.2, 0.25) is 0 Å². The Morgan fingerprint density at radius 2 is 1.00 bits per heavy atom. The van der Waals surface area contributed by atoms with Gasteiger partial charge in [-0.3, -0.25) is 52.7 Å². The average Bonchev–Trinajstić information content (AvgIpc) is 3.29. The first-order valence-corrected chi connectivity index (χ1v) is 23.0. The molecule has 0 saturated carbocycles. The Bertz CT molecular complexity index is 2070. The van der Waals surface area contributed by atoms with Crippen molar-refractivity contribution >= 4 is 71.1 Å². The minimum absolute atomic E-state index is 0.0925. The SMILES string of the molecule is CC(C)C[C@H](NC(=O)[C@H](CC(C)C)NC(=O)[C@@H](N)CO)C(=O)NCC(=O)N[C@@H](C)C(=O)N[C@@H](CC(=O)O)C(=O)N[C@H](C(=O)N[C@@H](CCC(=O)O)C(=O)N[C@@H](C)C(=O)N[C@@H](Cc1ccccc1)C(=O)O)[C@@H](C)O. The summed E-state index contributed by atoms with van der Waals surface area (Å²) in [5.41, 5.74) is 6.16. The third kappa shape index (κ3) is 23.6. The van der Waals surface area contributed by atoms with Crippen LogP contribution in [0.3, 0.4) is 0 Å². The topological polar surface area (TPSA) is 440 Å². The minimum atomic E-state index is -1.98. The van der Waals surface area contributed by atoms with Gasteiger partial charge in [-0.05, 0) is 57.4 Å². The van der Waals surface area contributed by atoms with Crippen molar-refractivity contribution in [3.8, 4) is 0 Å². The maximum atomic E-state index is 13.5. The predicted molar refractivity (Wildman–Crippen MR) is 252 cm³/mol. The highest BCUT2D eigenvalue weighted by atomic mass is 16.4. The number of nitrogens with one attached hydrogen (secondary N) is 9. The summed E-state index contributed by atoms with van der Waals surface area (Å²) in [5.74, 6) is -13.8. The molecular weight excluding hydrogens is 953 g/mol. The van der Waals surface area contributed by atoms with Crippen molar-refractivity contribution in [1.29, 1.82) is 0 Å².